The summed E-state index contributed by atoms with van der Waals surface area (Å²) < 4.78 is 27.3. The molecule has 1 saturated heterocycles. The molecule has 8 heteroatoms. The number of nitrogens with one attached hydrogen (secondary N) is 3. The third kappa shape index (κ3) is 5.53. The number of anilines is 1. The summed E-state index contributed by atoms with van der Waals surface area (Å²) in [6, 6.07) is 14.6. The van der Waals surface area contributed by atoms with Gasteiger partial charge in [0.05, 0.1) is 4.90 Å². The summed E-state index contributed by atoms with van der Waals surface area (Å²) in [5.74, 6) is -0.217. The van der Waals surface area contributed by atoms with Crippen LogP contribution in [0.5, 0.6) is 0 Å². The van der Waals surface area contributed by atoms with Gasteiger partial charge in [0, 0.05) is 50.5 Å². The summed E-state index contributed by atoms with van der Waals surface area (Å²) in [6.45, 7) is 5.25. The lowest BCUT2D eigenvalue weighted by Gasteiger charge is -2.27. The van der Waals surface area contributed by atoms with Crippen molar-refractivity contribution in [3.05, 3.63) is 60.2 Å². The second kappa shape index (κ2) is 8.98. The van der Waals surface area contributed by atoms with Crippen molar-refractivity contribution in [2.45, 2.75) is 4.90 Å². The molecule has 1 heterocycles. The minimum Gasteiger partial charge on any atom is -0.351 e. The lowest BCUT2D eigenvalue weighted by atomic mass is 10.2. The summed E-state index contributed by atoms with van der Waals surface area (Å²) in [5, 5.41) is 6.18. The first kappa shape index (κ1) is 19.3. The van der Waals surface area contributed by atoms with E-state index in [9.17, 15) is 13.2 Å². The predicted octanol–water partition coefficient (Wildman–Crippen LogP) is 1.12. The molecule has 2 aromatic carbocycles. The number of sulfonamides is 1. The molecule has 0 saturated carbocycles. The molecule has 3 N–H and O–H groups in total. The van der Waals surface area contributed by atoms with Crippen LogP contribution in [-0.2, 0) is 10.0 Å². The maximum atomic E-state index is 12.4. The topological polar surface area (TPSA) is 90.5 Å². The van der Waals surface area contributed by atoms with Crippen molar-refractivity contribution in [3.63, 3.8) is 0 Å². The van der Waals surface area contributed by atoms with Crippen molar-refractivity contribution in [2.24, 2.45) is 0 Å². The van der Waals surface area contributed by atoms with Crippen LogP contribution < -0.4 is 15.4 Å². The molecule has 7 nitrogen and oxygen atoms in total. The average Bonchev–Trinajstić information content (AvgIpc) is 2.69. The maximum absolute atomic E-state index is 12.4. The molecule has 0 atom stereocenters. The molecule has 0 bridgehead atoms. The van der Waals surface area contributed by atoms with Crippen LogP contribution in [0.1, 0.15) is 10.4 Å². The summed E-state index contributed by atoms with van der Waals surface area (Å²) in [5.41, 5.74) is 0.775. The quantitative estimate of drug-likeness (QED) is 0.661. The number of benzene rings is 2. The smallest absolute Gasteiger partial charge is 0.261 e. The van der Waals surface area contributed by atoms with E-state index in [0.717, 1.165) is 32.7 Å². The van der Waals surface area contributed by atoms with E-state index in [1.165, 1.54) is 12.1 Å². The zero-order valence-corrected chi connectivity index (χ0v) is 15.8. The van der Waals surface area contributed by atoms with Crippen LogP contribution in [0.4, 0.5) is 5.69 Å². The molecule has 0 radical (unpaired) electrons. The highest BCUT2D eigenvalue weighted by Gasteiger charge is 2.15. The van der Waals surface area contributed by atoms with Crippen LogP contribution in [0.3, 0.4) is 0 Å². The predicted molar refractivity (Wildman–Crippen MR) is 105 cm³/mol. The molecule has 3 rings (SSSR count). The molecular formula is C19H24N4O3S. The van der Waals surface area contributed by atoms with Gasteiger partial charge >= 0.3 is 0 Å². The molecule has 1 aliphatic heterocycles. The highest BCUT2D eigenvalue weighted by atomic mass is 32.2. The fraction of sp³-hybridized carbons (Fsp3) is 0.316. The molecule has 0 spiro atoms. The van der Waals surface area contributed by atoms with Crippen LogP contribution in [-0.4, -0.2) is 58.5 Å². The van der Waals surface area contributed by atoms with Gasteiger partial charge < -0.3 is 10.6 Å². The van der Waals surface area contributed by atoms with E-state index in [1.807, 2.05) is 0 Å². The average molecular weight is 388 g/mol. The van der Waals surface area contributed by atoms with Crippen molar-refractivity contribution >= 4 is 21.6 Å². The normalized spacial score (nSPS) is 15.3. The fourth-order valence-corrected chi connectivity index (χ4v) is 3.97. The monoisotopic (exact) mass is 388 g/mol. The van der Waals surface area contributed by atoms with Crippen LogP contribution >= 0.6 is 0 Å². The number of amides is 1. The second-order valence-electron chi connectivity index (χ2n) is 6.35. The number of piperazine rings is 1. The van der Waals surface area contributed by atoms with Crippen molar-refractivity contribution in [1.82, 2.24) is 15.5 Å². The first-order valence-electron chi connectivity index (χ1n) is 8.94. The number of carbonyl (C=O) groups excluding carboxylic acids is 1. The SMILES string of the molecule is O=C(NCCN1CCNCC1)c1cccc(NS(=O)(=O)c2ccccc2)c1. The standard InChI is InChI=1S/C19H24N4O3S/c24-19(21-11-14-23-12-9-20-10-13-23)16-5-4-6-17(15-16)22-27(25,26)18-7-2-1-3-8-18/h1-8,15,20,22H,9-14H2,(H,21,24). The minimum atomic E-state index is -3.68. The van der Waals surface area contributed by atoms with Crippen molar-refractivity contribution in [1.29, 1.82) is 0 Å². The number of rotatable bonds is 7. The Bertz CT molecular complexity index is 866. The van der Waals surface area contributed by atoms with E-state index in [1.54, 1.807) is 42.5 Å². The minimum absolute atomic E-state index is 0.177. The number of carbonyl (C=O) groups is 1. The molecule has 1 aliphatic rings. The van der Waals surface area contributed by atoms with Gasteiger partial charge in [0.2, 0.25) is 0 Å². The number of hydrogen-bond donors (Lipinski definition) is 3. The third-order valence-corrected chi connectivity index (χ3v) is 5.75. The van der Waals surface area contributed by atoms with E-state index in [-0.39, 0.29) is 10.8 Å². The zero-order chi connectivity index (χ0) is 19.1. The summed E-state index contributed by atoms with van der Waals surface area (Å²) >= 11 is 0. The Labute approximate surface area is 159 Å². The molecule has 27 heavy (non-hydrogen) atoms. The first-order chi connectivity index (χ1) is 13.0. The Kier molecular flexibility index (Phi) is 6.44. The Hall–Kier alpha value is -2.42. The lowest BCUT2D eigenvalue weighted by Crippen LogP contribution is -2.46. The van der Waals surface area contributed by atoms with Crippen LogP contribution in [0.2, 0.25) is 0 Å². The summed E-state index contributed by atoms with van der Waals surface area (Å²) in [6.07, 6.45) is 0. The van der Waals surface area contributed by atoms with E-state index in [4.69, 9.17) is 0 Å². The highest BCUT2D eigenvalue weighted by Crippen LogP contribution is 2.17. The Morgan fingerprint density at radius 2 is 1.78 bits per heavy atom. The first-order valence-corrected chi connectivity index (χ1v) is 10.4. The van der Waals surface area contributed by atoms with Crippen molar-refractivity contribution in [2.75, 3.05) is 44.0 Å². The van der Waals surface area contributed by atoms with Crippen molar-refractivity contribution in [3.8, 4) is 0 Å². The largest absolute Gasteiger partial charge is 0.351 e. The second-order valence-corrected chi connectivity index (χ2v) is 8.03. The van der Waals surface area contributed by atoms with Crippen LogP contribution in [0.25, 0.3) is 0 Å². The molecule has 0 aromatic heterocycles. The number of hydrogen-bond acceptors (Lipinski definition) is 5. The molecule has 1 amide bonds. The van der Waals surface area contributed by atoms with Gasteiger partial charge in [-0.05, 0) is 30.3 Å². The fourth-order valence-electron chi connectivity index (χ4n) is 2.90. The molecular weight excluding hydrogens is 364 g/mol. The number of nitrogens with zero attached hydrogens (tertiary/aromatic N) is 1. The summed E-state index contributed by atoms with van der Waals surface area (Å²) in [7, 11) is -3.68. The van der Waals surface area contributed by atoms with Gasteiger partial charge in [-0.3, -0.25) is 14.4 Å². The van der Waals surface area contributed by atoms with Gasteiger partial charge in [0.25, 0.3) is 15.9 Å². The Balaban J connectivity index is 1.58. The van der Waals surface area contributed by atoms with Crippen LogP contribution in [0.15, 0.2) is 59.5 Å². The van der Waals surface area contributed by atoms with E-state index < -0.39 is 10.0 Å². The van der Waals surface area contributed by atoms with Gasteiger partial charge in [-0.25, -0.2) is 8.42 Å². The summed E-state index contributed by atoms with van der Waals surface area (Å²) in [4.78, 5) is 14.8. The molecule has 0 aliphatic carbocycles. The molecule has 144 valence electrons. The van der Waals surface area contributed by atoms with E-state index >= 15 is 0 Å². The lowest BCUT2D eigenvalue weighted by molar-refractivity contribution is 0.0947. The highest BCUT2D eigenvalue weighted by molar-refractivity contribution is 7.92. The van der Waals surface area contributed by atoms with Gasteiger partial charge in [-0.15, -0.1) is 0 Å². The Morgan fingerprint density at radius 3 is 2.52 bits per heavy atom. The zero-order valence-electron chi connectivity index (χ0n) is 15.0. The molecule has 2 aromatic rings. The van der Waals surface area contributed by atoms with Crippen molar-refractivity contribution < 1.29 is 13.2 Å². The van der Waals surface area contributed by atoms with Gasteiger partial charge in [0.1, 0.15) is 0 Å². The van der Waals surface area contributed by atoms with Crippen LogP contribution in [0, 0.1) is 0 Å². The molecule has 0 unspecified atom stereocenters. The van der Waals surface area contributed by atoms with Gasteiger partial charge in [-0.2, -0.15) is 0 Å². The third-order valence-electron chi connectivity index (χ3n) is 4.35. The van der Waals surface area contributed by atoms with E-state index in [2.05, 4.69) is 20.3 Å². The molecule has 1 fully saturated rings. The van der Waals surface area contributed by atoms with Gasteiger partial charge in [-0.1, -0.05) is 24.3 Å². The maximum Gasteiger partial charge on any atom is 0.261 e. The van der Waals surface area contributed by atoms with E-state index in [0.29, 0.717) is 17.8 Å². The van der Waals surface area contributed by atoms with Gasteiger partial charge in [0.15, 0.2) is 0 Å². The Morgan fingerprint density at radius 1 is 1.04 bits per heavy atom.